The van der Waals surface area contributed by atoms with Crippen LogP contribution in [-0.4, -0.2) is 16.9 Å². The fraction of sp³-hybridized carbons (Fsp3) is 0.750. The summed E-state index contributed by atoms with van der Waals surface area (Å²) < 4.78 is 0. The molecule has 2 aliphatic rings. The average Bonchev–Trinajstić information content (AvgIpc) is 2.94. The molecule has 2 saturated carbocycles. The van der Waals surface area contributed by atoms with Gasteiger partial charge in [0.2, 0.25) is 0 Å². The van der Waals surface area contributed by atoms with E-state index >= 15 is 0 Å². The second-order valence-electron chi connectivity index (χ2n) is 6.24. The minimum atomic E-state index is -0.627. The molecule has 0 heterocycles. The molecule has 4 atom stereocenters. The lowest BCUT2D eigenvalue weighted by Crippen LogP contribution is -2.27. The van der Waals surface area contributed by atoms with Gasteiger partial charge in [0.25, 0.3) is 0 Å². The van der Waals surface area contributed by atoms with Gasteiger partial charge in [-0.15, -0.1) is 0 Å². The second kappa shape index (κ2) is 6.36. The number of carboxylic acid groups (broad SMARTS) is 1. The van der Waals surface area contributed by atoms with Gasteiger partial charge in [-0.1, -0.05) is 18.6 Å². The Morgan fingerprint density at radius 1 is 1.26 bits per heavy atom. The molecule has 0 aromatic rings. The molecule has 19 heavy (non-hydrogen) atoms. The Morgan fingerprint density at radius 2 is 2.05 bits per heavy atom. The van der Waals surface area contributed by atoms with Gasteiger partial charge >= 0.3 is 5.97 Å². The van der Waals surface area contributed by atoms with Crippen LogP contribution in [0.2, 0.25) is 0 Å². The number of fused-ring (bicyclic) bond motifs is 2. The van der Waals surface area contributed by atoms with E-state index in [1.165, 1.54) is 19.3 Å². The zero-order valence-electron chi connectivity index (χ0n) is 11.7. The molecule has 2 aliphatic carbocycles. The van der Waals surface area contributed by atoms with Crippen LogP contribution in [0.3, 0.4) is 0 Å². The summed E-state index contributed by atoms with van der Waals surface area (Å²) in [7, 11) is 0. The van der Waals surface area contributed by atoms with Crippen LogP contribution in [-0.2, 0) is 9.59 Å². The molecule has 0 spiro atoms. The minimum absolute atomic E-state index is 0.152. The fourth-order valence-corrected chi connectivity index (χ4v) is 3.95. The van der Waals surface area contributed by atoms with Crippen molar-refractivity contribution in [3.8, 4) is 0 Å². The van der Waals surface area contributed by atoms with Gasteiger partial charge in [-0.05, 0) is 56.8 Å². The van der Waals surface area contributed by atoms with Gasteiger partial charge in [-0.25, -0.2) is 0 Å². The summed E-state index contributed by atoms with van der Waals surface area (Å²) in [5, 5.41) is 9.43. The number of ketones is 1. The highest BCUT2D eigenvalue weighted by Gasteiger charge is 2.44. The molecular weight excluding hydrogens is 240 g/mol. The first kappa shape index (κ1) is 14.3. The third kappa shape index (κ3) is 3.68. The molecule has 0 amide bonds. The van der Waals surface area contributed by atoms with Crippen LogP contribution in [0.15, 0.2) is 12.2 Å². The first-order chi connectivity index (χ1) is 9.08. The quantitative estimate of drug-likeness (QED) is 0.717. The zero-order chi connectivity index (χ0) is 13.8. The topological polar surface area (TPSA) is 54.4 Å². The van der Waals surface area contributed by atoms with Gasteiger partial charge in [0, 0.05) is 6.42 Å². The zero-order valence-corrected chi connectivity index (χ0v) is 11.7. The SMILES string of the molecule is CC(=O)C/C=C/CCC(C(=O)O)[C@@H]1C[C@H]2CC[C@@H]1C2. The summed E-state index contributed by atoms with van der Waals surface area (Å²) in [5.74, 6) is 1.20. The van der Waals surface area contributed by atoms with Crippen molar-refractivity contribution < 1.29 is 14.7 Å². The molecular formula is C16H24O3. The number of hydrogen-bond donors (Lipinski definition) is 1. The van der Waals surface area contributed by atoms with E-state index in [1.807, 2.05) is 12.2 Å². The molecule has 0 radical (unpaired) electrons. The maximum Gasteiger partial charge on any atom is 0.306 e. The van der Waals surface area contributed by atoms with Gasteiger partial charge in [0.05, 0.1) is 5.92 Å². The molecule has 0 aromatic heterocycles. The second-order valence-corrected chi connectivity index (χ2v) is 6.24. The Morgan fingerprint density at radius 3 is 2.58 bits per heavy atom. The molecule has 0 aromatic carbocycles. The molecule has 0 saturated heterocycles. The third-order valence-corrected chi connectivity index (χ3v) is 4.84. The van der Waals surface area contributed by atoms with Crippen LogP contribution in [0.25, 0.3) is 0 Å². The first-order valence-corrected chi connectivity index (χ1v) is 7.45. The van der Waals surface area contributed by atoms with Crippen molar-refractivity contribution in [2.45, 2.75) is 51.9 Å². The van der Waals surface area contributed by atoms with E-state index in [-0.39, 0.29) is 11.7 Å². The summed E-state index contributed by atoms with van der Waals surface area (Å²) >= 11 is 0. The van der Waals surface area contributed by atoms with Crippen LogP contribution in [0.1, 0.15) is 51.9 Å². The minimum Gasteiger partial charge on any atom is -0.481 e. The lowest BCUT2D eigenvalue weighted by Gasteiger charge is -2.27. The van der Waals surface area contributed by atoms with Crippen LogP contribution in [0.5, 0.6) is 0 Å². The molecule has 1 N–H and O–H groups in total. The number of allylic oxidation sites excluding steroid dienone is 2. The number of aliphatic carboxylic acids is 1. The van der Waals surface area contributed by atoms with Gasteiger partial charge in [-0.3, -0.25) is 9.59 Å². The van der Waals surface area contributed by atoms with Crippen LogP contribution in [0.4, 0.5) is 0 Å². The van der Waals surface area contributed by atoms with Crippen molar-refractivity contribution in [1.29, 1.82) is 0 Å². The Hall–Kier alpha value is -1.12. The molecule has 2 rings (SSSR count). The standard InChI is InChI=1S/C16H24O3/c1-11(17)5-3-2-4-6-14(16(18)19)15-10-12-7-8-13(15)9-12/h2-3,12-15H,4-10H2,1H3,(H,18,19)/b3-2+/t12-,13+,14?,15+/m0/s1. The normalized spacial score (nSPS) is 30.9. The Labute approximate surface area is 115 Å². The predicted molar refractivity (Wildman–Crippen MR) is 73.7 cm³/mol. The smallest absolute Gasteiger partial charge is 0.306 e. The van der Waals surface area contributed by atoms with Crippen molar-refractivity contribution in [2.75, 3.05) is 0 Å². The highest BCUT2D eigenvalue weighted by Crippen LogP contribution is 2.51. The lowest BCUT2D eigenvalue weighted by atomic mass is 9.77. The number of carbonyl (C=O) groups is 2. The molecule has 0 aliphatic heterocycles. The van der Waals surface area contributed by atoms with Crippen molar-refractivity contribution in [1.82, 2.24) is 0 Å². The Balaban J connectivity index is 1.82. The fourth-order valence-electron chi connectivity index (χ4n) is 3.95. The van der Waals surface area contributed by atoms with Crippen molar-refractivity contribution in [2.24, 2.45) is 23.7 Å². The first-order valence-electron chi connectivity index (χ1n) is 7.45. The molecule has 3 heteroatoms. The van der Waals surface area contributed by atoms with Gasteiger partial charge < -0.3 is 5.11 Å². The van der Waals surface area contributed by atoms with Crippen LogP contribution >= 0.6 is 0 Å². The van der Waals surface area contributed by atoms with Gasteiger partial charge in [-0.2, -0.15) is 0 Å². The van der Waals surface area contributed by atoms with Gasteiger partial charge in [0.15, 0.2) is 0 Å². The molecule has 1 unspecified atom stereocenters. The number of rotatable bonds is 7. The summed E-state index contributed by atoms with van der Waals surface area (Å²) in [5.41, 5.74) is 0. The number of carbonyl (C=O) groups excluding carboxylic acids is 1. The average molecular weight is 264 g/mol. The lowest BCUT2D eigenvalue weighted by molar-refractivity contribution is -0.144. The summed E-state index contributed by atoms with van der Waals surface area (Å²) in [4.78, 5) is 22.3. The Kier molecular flexibility index (Phi) is 4.78. The van der Waals surface area contributed by atoms with Gasteiger partial charge in [0.1, 0.15) is 5.78 Å². The molecule has 106 valence electrons. The van der Waals surface area contributed by atoms with Crippen molar-refractivity contribution in [3.05, 3.63) is 12.2 Å². The summed E-state index contributed by atoms with van der Waals surface area (Å²) in [6.45, 7) is 1.57. The summed E-state index contributed by atoms with van der Waals surface area (Å²) in [6, 6.07) is 0. The van der Waals surface area contributed by atoms with E-state index in [2.05, 4.69) is 0 Å². The van der Waals surface area contributed by atoms with Crippen LogP contribution < -0.4 is 0 Å². The number of carboxylic acids is 1. The molecule has 3 nitrogen and oxygen atoms in total. The Bertz CT molecular complexity index is 372. The number of Topliss-reactive ketones (excluding diaryl/α,β-unsaturated/α-hetero) is 1. The summed E-state index contributed by atoms with van der Waals surface area (Å²) in [6.07, 6.45) is 10.7. The maximum atomic E-state index is 11.5. The highest BCUT2D eigenvalue weighted by atomic mass is 16.4. The third-order valence-electron chi connectivity index (χ3n) is 4.84. The van der Waals surface area contributed by atoms with E-state index < -0.39 is 5.97 Å². The van der Waals surface area contributed by atoms with E-state index in [1.54, 1.807) is 6.92 Å². The van der Waals surface area contributed by atoms with E-state index in [4.69, 9.17) is 0 Å². The van der Waals surface area contributed by atoms with Crippen molar-refractivity contribution >= 4 is 11.8 Å². The maximum absolute atomic E-state index is 11.5. The largest absolute Gasteiger partial charge is 0.481 e. The molecule has 2 fully saturated rings. The van der Waals surface area contributed by atoms with Crippen molar-refractivity contribution in [3.63, 3.8) is 0 Å². The monoisotopic (exact) mass is 264 g/mol. The highest BCUT2D eigenvalue weighted by molar-refractivity contribution is 5.76. The van der Waals surface area contributed by atoms with E-state index in [0.717, 1.165) is 25.2 Å². The van der Waals surface area contributed by atoms with E-state index in [9.17, 15) is 14.7 Å². The van der Waals surface area contributed by atoms with Crippen LogP contribution in [0, 0.1) is 23.7 Å². The number of hydrogen-bond acceptors (Lipinski definition) is 2. The van der Waals surface area contributed by atoms with E-state index in [0.29, 0.717) is 18.3 Å². The predicted octanol–water partition coefficient (Wildman–Crippen LogP) is 3.44. The molecule has 2 bridgehead atoms.